The molecule has 1 aliphatic carbocycles. The first kappa shape index (κ1) is 38.2. The highest BCUT2D eigenvalue weighted by molar-refractivity contribution is 5.87. The van der Waals surface area contributed by atoms with E-state index >= 15 is 0 Å². The van der Waals surface area contributed by atoms with Gasteiger partial charge < -0.3 is 19.9 Å². The normalized spacial score (nSPS) is 24.3. The second-order valence-corrected chi connectivity index (χ2v) is 15.7. The maximum Gasteiger partial charge on any atom is 0.451 e. The van der Waals surface area contributed by atoms with Crippen molar-refractivity contribution in [3.8, 4) is 6.07 Å². The van der Waals surface area contributed by atoms with Crippen LogP contribution in [0.25, 0.3) is 27.7 Å². The van der Waals surface area contributed by atoms with E-state index in [0.29, 0.717) is 63.2 Å². The lowest BCUT2D eigenvalue weighted by Crippen LogP contribution is -2.42. The van der Waals surface area contributed by atoms with E-state index in [4.69, 9.17) is 9.40 Å². The van der Waals surface area contributed by atoms with Crippen LogP contribution in [-0.2, 0) is 29.6 Å². The quantitative estimate of drug-likeness (QED) is 0.143. The number of carboxylic acid groups (broad SMARTS) is 1. The molecule has 3 aromatic heterocycles. The molecule has 0 radical (unpaired) electrons. The van der Waals surface area contributed by atoms with Gasteiger partial charge in [-0.2, -0.15) is 18.4 Å². The number of hydrogen-bond donors (Lipinski definition) is 3. The summed E-state index contributed by atoms with van der Waals surface area (Å²) in [5.41, 5.74) is 2.71. The zero-order valence-electron chi connectivity index (χ0n) is 31.6. The minimum Gasteiger partial charge on any atom is -0.481 e. The number of aromatic nitrogens is 4. The molecule has 3 unspecified atom stereocenters. The number of aliphatic hydroxyl groups excluding tert-OH is 1. The van der Waals surface area contributed by atoms with E-state index in [0.717, 1.165) is 22.3 Å². The van der Waals surface area contributed by atoms with Gasteiger partial charge in [0.2, 0.25) is 11.7 Å². The molecule has 3 N–H and O–H groups in total. The van der Waals surface area contributed by atoms with Gasteiger partial charge in [-0.05, 0) is 85.3 Å². The van der Waals surface area contributed by atoms with Crippen molar-refractivity contribution < 1.29 is 32.6 Å². The van der Waals surface area contributed by atoms with E-state index in [1.54, 1.807) is 43.5 Å². The number of allylic oxidation sites excluding steroid dienone is 2. The molecule has 57 heavy (non-hydrogen) atoms. The summed E-state index contributed by atoms with van der Waals surface area (Å²) in [7, 11) is 0. The molecule has 2 aromatic carbocycles. The molecule has 2 fully saturated rings. The first-order chi connectivity index (χ1) is 27.2. The van der Waals surface area contributed by atoms with Gasteiger partial charge in [-0.1, -0.05) is 43.3 Å². The second-order valence-electron chi connectivity index (χ2n) is 15.7. The maximum absolute atomic E-state index is 14.5. The Labute approximate surface area is 326 Å². The number of rotatable bonds is 9. The van der Waals surface area contributed by atoms with Gasteiger partial charge in [-0.3, -0.25) is 19.6 Å². The molecule has 3 aliphatic rings. The van der Waals surface area contributed by atoms with Crippen molar-refractivity contribution >= 4 is 39.5 Å². The molecule has 15 heteroatoms. The Morgan fingerprint density at radius 1 is 1.09 bits per heavy atom. The van der Waals surface area contributed by atoms with Crippen molar-refractivity contribution in [3.63, 3.8) is 0 Å². The molecule has 5 heterocycles. The number of nitriles is 1. The van der Waals surface area contributed by atoms with Crippen LogP contribution in [0.2, 0.25) is 0 Å². The fourth-order valence-electron chi connectivity index (χ4n) is 8.35. The minimum atomic E-state index is -4.89. The van der Waals surface area contributed by atoms with Gasteiger partial charge in [-0.15, -0.1) is 0 Å². The van der Waals surface area contributed by atoms with Crippen molar-refractivity contribution in [2.24, 2.45) is 11.3 Å². The number of carboxylic acids is 1. The molecule has 0 bridgehead atoms. The Hall–Kier alpha value is -5.69. The molecule has 2 aliphatic heterocycles. The van der Waals surface area contributed by atoms with Gasteiger partial charge in [0.05, 0.1) is 22.6 Å². The van der Waals surface area contributed by atoms with Crippen LogP contribution in [0.3, 0.4) is 0 Å². The number of anilines is 1. The number of aliphatic carboxylic acids is 1. The molecule has 0 spiro atoms. The number of benzene rings is 2. The smallest absolute Gasteiger partial charge is 0.451 e. The third-order valence-corrected chi connectivity index (χ3v) is 11.6. The van der Waals surface area contributed by atoms with Crippen LogP contribution < -0.4 is 5.32 Å². The van der Waals surface area contributed by atoms with E-state index in [1.165, 1.54) is 0 Å². The number of pyridine rings is 1. The summed E-state index contributed by atoms with van der Waals surface area (Å²) in [6.45, 7) is 8.41. The number of fused-ring (bicyclic) bond motifs is 2. The molecule has 12 nitrogen and oxygen atoms in total. The third-order valence-electron chi connectivity index (χ3n) is 11.6. The number of aryl methyl sites for hydroxylation is 1. The second kappa shape index (κ2) is 14.4. The van der Waals surface area contributed by atoms with Crippen LogP contribution in [-0.4, -0.2) is 78.2 Å². The summed E-state index contributed by atoms with van der Waals surface area (Å²) in [6.07, 6.45) is 2.87. The fourth-order valence-corrected chi connectivity index (χ4v) is 8.35. The Balaban J connectivity index is 1.25. The lowest BCUT2D eigenvalue weighted by atomic mass is 9.73. The van der Waals surface area contributed by atoms with Crippen LogP contribution >= 0.6 is 0 Å². The molecule has 0 amide bonds. The van der Waals surface area contributed by atoms with Gasteiger partial charge >= 0.3 is 12.1 Å². The highest BCUT2D eigenvalue weighted by Crippen LogP contribution is 2.47. The average molecular weight is 779 g/mol. The molecular weight excluding hydrogens is 738 g/mol. The molecule has 8 rings (SSSR count). The first-order valence-corrected chi connectivity index (χ1v) is 18.8. The van der Waals surface area contributed by atoms with Crippen molar-refractivity contribution in [2.75, 3.05) is 31.5 Å². The highest BCUT2D eigenvalue weighted by Gasteiger charge is 2.46. The molecule has 5 aromatic rings. The standard InChI is InChI=1S/C42H41F3N8O4/c1-24-7-4-5-8-30(24)31-9-6-11-41(25(31)2,38-49-33-16-26(15-28(18-46)35(33)57-38)20-53-14-12-40(3,23-53)39(55)56)51-36-34-32(48-37(50-36)42(43,44)45)17-27(19-47-34)21-52-13-10-29(54)22-52/h4-9,11,15-17,19,25,29,54H,10,12-14,20-23H2,1-3H3,(H,55,56)(H,48,50,51)/t25?,29-,40?,41?/m1/s1. The number of β-amino-alcohol motifs (C(OH)–C–C–N with tert-alkyl or cyclic N) is 1. The summed E-state index contributed by atoms with van der Waals surface area (Å²) >= 11 is 0. The summed E-state index contributed by atoms with van der Waals surface area (Å²) in [5.74, 6) is -2.82. The zero-order valence-corrected chi connectivity index (χ0v) is 31.6. The van der Waals surface area contributed by atoms with E-state index in [2.05, 4.69) is 26.3 Å². The van der Waals surface area contributed by atoms with Crippen LogP contribution in [0.1, 0.15) is 66.2 Å². The molecular formula is C42H41F3N8O4. The number of alkyl halides is 3. The average Bonchev–Trinajstić information content (AvgIpc) is 3.90. The van der Waals surface area contributed by atoms with Crippen LogP contribution in [0.15, 0.2) is 71.3 Å². The highest BCUT2D eigenvalue weighted by atomic mass is 19.4. The monoisotopic (exact) mass is 778 g/mol. The lowest BCUT2D eigenvalue weighted by molar-refractivity contribution is -0.147. The van der Waals surface area contributed by atoms with Crippen molar-refractivity contribution in [1.29, 1.82) is 5.26 Å². The number of nitrogens with zero attached hydrogens (tertiary/aromatic N) is 7. The van der Waals surface area contributed by atoms with Crippen LogP contribution in [0.4, 0.5) is 19.0 Å². The van der Waals surface area contributed by atoms with Crippen molar-refractivity contribution in [1.82, 2.24) is 29.7 Å². The zero-order chi connectivity index (χ0) is 40.3. The summed E-state index contributed by atoms with van der Waals surface area (Å²) in [5, 5.41) is 33.4. The Bertz CT molecular complexity index is 2510. The number of carbonyl (C=O) groups is 1. The maximum atomic E-state index is 14.5. The largest absolute Gasteiger partial charge is 0.481 e. The van der Waals surface area contributed by atoms with Gasteiger partial charge in [0, 0.05) is 44.8 Å². The van der Waals surface area contributed by atoms with Crippen molar-refractivity contribution in [2.45, 2.75) is 64.5 Å². The van der Waals surface area contributed by atoms with Crippen molar-refractivity contribution in [3.05, 3.63) is 106 Å². The number of hydrogen-bond acceptors (Lipinski definition) is 11. The summed E-state index contributed by atoms with van der Waals surface area (Å²) in [4.78, 5) is 33.5. The van der Waals surface area contributed by atoms with E-state index in [9.17, 15) is 33.4 Å². The lowest BCUT2D eigenvalue weighted by Gasteiger charge is -2.39. The van der Waals surface area contributed by atoms with Crippen LogP contribution in [0.5, 0.6) is 0 Å². The predicted molar refractivity (Wildman–Crippen MR) is 205 cm³/mol. The Morgan fingerprint density at radius 2 is 1.86 bits per heavy atom. The number of aliphatic hydroxyl groups is 1. The Morgan fingerprint density at radius 3 is 2.56 bits per heavy atom. The van der Waals surface area contributed by atoms with E-state index in [-0.39, 0.29) is 33.9 Å². The topological polar surface area (TPSA) is 165 Å². The van der Waals surface area contributed by atoms with Gasteiger partial charge in [0.15, 0.2) is 11.4 Å². The fraction of sp³-hybridized carbons (Fsp3) is 0.381. The SMILES string of the molecule is Cc1ccccc1C1=CC=CC(Nc2nc(C(F)(F)F)nc3cc(CN4CC[C@@H](O)C4)cnc23)(c2nc3cc(CN4CCC(C)(C(=O)O)C4)cc(C#N)c3o2)C1C. The number of nitrogens with one attached hydrogen (secondary N) is 1. The van der Waals surface area contributed by atoms with E-state index < -0.39 is 40.9 Å². The van der Waals surface area contributed by atoms with Gasteiger partial charge in [-0.25, -0.2) is 15.0 Å². The molecule has 0 saturated carbocycles. The van der Waals surface area contributed by atoms with Crippen LogP contribution in [0, 0.1) is 29.6 Å². The van der Waals surface area contributed by atoms with Gasteiger partial charge in [0.25, 0.3) is 0 Å². The molecule has 4 atom stereocenters. The Kier molecular flexibility index (Phi) is 9.62. The molecule has 2 saturated heterocycles. The number of oxazole rings is 1. The first-order valence-electron chi connectivity index (χ1n) is 18.8. The number of likely N-dealkylation sites (tertiary alicyclic amines) is 2. The number of halogens is 3. The third kappa shape index (κ3) is 7.13. The minimum absolute atomic E-state index is 0.00999. The summed E-state index contributed by atoms with van der Waals surface area (Å²) in [6, 6.07) is 15.1. The predicted octanol–water partition coefficient (Wildman–Crippen LogP) is 6.83. The van der Waals surface area contributed by atoms with E-state index in [1.807, 2.05) is 54.0 Å². The molecule has 294 valence electrons. The summed E-state index contributed by atoms with van der Waals surface area (Å²) < 4.78 is 50.1. The van der Waals surface area contributed by atoms with Gasteiger partial charge in [0.1, 0.15) is 22.6 Å².